The number of nitrogens with one attached hydrogen (secondary N) is 1. The summed E-state index contributed by atoms with van der Waals surface area (Å²) in [6.45, 7) is 3.04. The number of nitrogens with zero attached hydrogens (tertiary/aromatic N) is 2. The van der Waals surface area contributed by atoms with Crippen molar-refractivity contribution >= 4 is 17.7 Å². The number of piperidine rings is 1. The van der Waals surface area contributed by atoms with Gasteiger partial charge in [0.1, 0.15) is 11.8 Å². The van der Waals surface area contributed by atoms with Crippen LogP contribution in [0.15, 0.2) is 24.3 Å². The van der Waals surface area contributed by atoms with Crippen LogP contribution in [0.3, 0.4) is 0 Å². The summed E-state index contributed by atoms with van der Waals surface area (Å²) in [7, 11) is 0. The van der Waals surface area contributed by atoms with Gasteiger partial charge >= 0.3 is 0 Å². The molecule has 0 radical (unpaired) electrons. The zero-order valence-electron chi connectivity index (χ0n) is 18.8. The molecule has 1 aromatic carbocycles. The highest BCUT2D eigenvalue weighted by atomic mass is 16.5. The Morgan fingerprint density at radius 1 is 1.09 bits per heavy atom. The molecule has 4 aliphatic rings. The van der Waals surface area contributed by atoms with Crippen molar-refractivity contribution in [2.75, 3.05) is 13.1 Å². The molecule has 2 saturated heterocycles. The number of carbonyl (C=O) groups is 3. The van der Waals surface area contributed by atoms with Crippen LogP contribution in [0.4, 0.5) is 0 Å². The first kappa shape index (κ1) is 21.3. The molecule has 0 unspecified atom stereocenters. The average molecular weight is 440 g/mol. The van der Waals surface area contributed by atoms with E-state index < -0.39 is 11.8 Å². The van der Waals surface area contributed by atoms with Gasteiger partial charge in [0.25, 0.3) is 5.91 Å². The van der Waals surface area contributed by atoms with Crippen LogP contribution >= 0.6 is 0 Å². The van der Waals surface area contributed by atoms with E-state index >= 15 is 0 Å². The summed E-state index contributed by atoms with van der Waals surface area (Å²) >= 11 is 0. The Balaban J connectivity index is 1.30. The Kier molecular flexibility index (Phi) is 5.59. The minimum Gasteiger partial charge on any atom is -0.467 e. The van der Waals surface area contributed by atoms with Gasteiger partial charge in [-0.25, -0.2) is 0 Å². The number of para-hydroxylation sites is 1. The maximum Gasteiger partial charge on any atom is 0.258 e. The van der Waals surface area contributed by atoms with Crippen molar-refractivity contribution in [3.8, 4) is 5.75 Å². The van der Waals surface area contributed by atoms with Gasteiger partial charge in [0, 0.05) is 38.4 Å². The molecule has 3 heterocycles. The third-order valence-corrected chi connectivity index (χ3v) is 7.95. The van der Waals surface area contributed by atoms with Crippen molar-refractivity contribution in [1.82, 2.24) is 15.1 Å². The molecule has 1 spiro atoms. The number of likely N-dealkylation sites (tertiary alicyclic amines) is 2. The van der Waals surface area contributed by atoms with Crippen LogP contribution in [-0.2, 0) is 9.59 Å². The van der Waals surface area contributed by atoms with Gasteiger partial charge in [0.2, 0.25) is 11.8 Å². The van der Waals surface area contributed by atoms with Crippen molar-refractivity contribution in [3.05, 3.63) is 29.8 Å². The Morgan fingerprint density at radius 2 is 1.88 bits per heavy atom. The summed E-state index contributed by atoms with van der Waals surface area (Å²) in [5.41, 5.74) is -0.390. The summed E-state index contributed by atoms with van der Waals surface area (Å²) in [5.74, 6) is 1.02. The summed E-state index contributed by atoms with van der Waals surface area (Å²) in [4.78, 5) is 43.0. The third-order valence-electron chi connectivity index (χ3n) is 7.95. The molecule has 4 atom stereocenters. The lowest BCUT2D eigenvalue weighted by molar-refractivity contribution is -0.149. The predicted octanol–water partition coefficient (Wildman–Crippen LogP) is 3.09. The smallest absolute Gasteiger partial charge is 0.258 e. The molecule has 3 aliphatic heterocycles. The molecule has 1 saturated carbocycles. The third kappa shape index (κ3) is 3.76. The molecule has 5 rings (SSSR count). The molecule has 7 nitrogen and oxygen atoms in total. The first-order valence-electron chi connectivity index (χ1n) is 12.2. The topological polar surface area (TPSA) is 79.0 Å². The number of amides is 3. The van der Waals surface area contributed by atoms with Gasteiger partial charge in [-0.2, -0.15) is 0 Å². The van der Waals surface area contributed by atoms with Gasteiger partial charge in [-0.3, -0.25) is 14.4 Å². The van der Waals surface area contributed by atoms with Crippen LogP contribution in [0.25, 0.3) is 0 Å². The SMILES string of the molecule is C[C@H](C(=O)N1CCC[C@@H]2CCCC[C@@H]21)N1CC[C@@]2(CCC1=O)NC(=O)c1ccccc1O2. The van der Waals surface area contributed by atoms with Gasteiger partial charge in [0.05, 0.1) is 5.56 Å². The number of hydrogen-bond donors (Lipinski definition) is 1. The van der Waals surface area contributed by atoms with Crippen LogP contribution in [0.2, 0.25) is 0 Å². The van der Waals surface area contributed by atoms with Crippen LogP contribution in [0.1, 0.15) is 75.1 Å². The van der Waals surface area contributed by atoms with E-state index in [1.165, 1.54) is 25.7 Å². The van der Waals surface area contributed by atoms with Crippen molar-refractivity contribution in [3.63, 3.8) is 0 Å². The van der Waals surface area contributed by atoms with Gasteiger partial charge in [0.15, 0.2) is 5.72 Å². The number of fused-ring (bicyclic) bond motifs is 2. The molecule has 32 heavy (non-hydrogen) atoms. The van der Waals surface area contributed by atoms with E-state index in [0.29, 0.717) is 42.7 Å². The molecule has 3 fully saturated rings. The van der Waals surface area contributed by atoms with Crippen molar-refractivity contribution in [2.45, 2.75) is 82.5 Å². The van der Waals surface area contributed by atoms with Crippen LogP contribution < -0.4 is 10.1 Å². The Labute approximate surface area is 189 Å². The average Bonchev–Trinajstić information content (AvgIpc) is 2.96. The van der Waals surface area contributed by atoms with E-state index in [0.717, 1.165) is 19.4 Å². The van der Waals surface area contributed by atoms with Crippen molar-refractivity contribution in [2.24, 2.45) is 5.92 Å². The zero-order chi connectivity index (χ0) is 22.3. The molecular formula is C25H33N3O4. The Bertz CT molecular complexity index is 916. The quantitative estimate of drug-likeness (QED) is 0.768. The van der Waals surface area contributed by atoms with Crippen LogP contribution in [0.5, 0.6) is 5.75 Å². The molecule has 0 aromatic heterocycles. The van der Waals surface area contributed by atoms with Crippen molar-refractivity contribution < 1.29 is 19.1 Å². The Hall–Kier alpha value is -2.57. The highest BCUT2D eigenvalue weighted by Gasteiger charge is 2.45. The molecule has 3 amide bonds. The highest BCUT2D eigenvalue weighted by molar-refractivity contribution is 5.98. The Morgan fingerprint density at radius 3 is 2.75 bits per heavy atom. The number of hydrogen-bond acceptors (Lipinski definition) is 4. The minimum atomic E-state index is -0.905. The number of rotatable bonds is 2. The second-order valence-electron chi connectivity index (χ2n) is 9.85. The second kappa shape index (κ2) is 8.41. The van der Waals surface area contributed by atoms with E-state index in [9.17, 15) is 14.4 Å². The summed E-state index contributed by atoms with van der Waals surface area (Å²) in [6, 6.07) is 7.02. The molecule has 1 N–H and O–H groups in total. The summed E-state index contributed by atoms with van der Waals surface area (Å²) in [6.07, 6.45) is 8.12. The van der Waals surface area contributed by atoms with Crippen LogP contribution in [0, 0.1) is 5.92 Å². The first-order chi connectivity index (χ1) is 15.5. The molecule has 172 valence electrons. The largest absolute Gasteiger partial charge is 0.467 e. The molecule has 1 aromatic rings. The maximum absolute atomic E-state index is 13.5. The van der Waals surface area contributed by atoms with E-state index in [2.05, 4.69) is 10.2 Å². The number of benzene rings is 1. The fraction of sp³-hybridized carbons (Fsp3) is 0.640. The maximum atomic E-state index is 13.5. The molecule has 7 heteroatoms. The van der Waals surface area contributed by atoms with Gasteiger partial charge in [-0.15, -0.1) is 0 Å². The van der Waals surface area contributed by atoms with E-state index in [-0.39, 0.29) is 24.1 Å². The number of ether oxygens (including phenoxy) is 1. The summed E-state index contributed by atoms with van der Waals surface area (Å²) < 4.78 is 6.23. The fourth-order valence-corrected chi connectivity index (χ4v) is 6.17. The normalized spacial score (nSPS) is 31.2. The number of carbonyl (C=O) groups excluding carboxylic acids is 3. The van der Waals surface area contributed by atoms with E-state index in [1.54, 1.807) is 17.0 Å². The van der Waals surface area contributed by atoms with Gasteiger partial charge in [-0.1, -0.05) is 25.0 Å². The van der Waals surface area contributed by atoms with Crippen LogP contribution in [-0.4, -0.2) is 58.4 Å². The molecule has 0 bridgehead atoms. The van der Waals surface area contributed by atoms with Crippen molar-refractivity contribution in [1.29, 1.82) is 0 Å². The zero-order valence-corrected chi connectivity index (χ0v) is 18.8. The highest BCUT2D eigenvalue weighted by Crippen LogP contribution is 2.37. The minimum absolute atomic E-state index is 0.0448. The lowest BCUT2D eigenvalue weighted by Crippen LogP contribution is -2.57. The van der Waals surface area contributed by atoms with Gasteiger partial charge < -0.3 is 19.9 Å². The van der Waals surface area contributed by atoms with E-state index in [1.807, 2.05) is 19.1 Å². The molecular weight excluding hydrogens is 406 g/mol. The first-order valence-corrected chi connectivity index (χ1v) is 12.2. The van der Waals surface area contributed by atoms with E-state index in [4.69, 9.17) is 4.74 Å². The predicted molar refractivity (Wildman–Crippen MR) is 119 cm³/mol. The monoisotopic (exact) mass is 439 g/mol. The lowest BCUT2D eigenvalue weighted by Gasteiger charge is -2.46. The van der Waals surface area contributed by atoms with Gasteiger partial charge in [-0.05, 0) is 50.7 Å². The molecule has 1 aliphatic carbocycles. The standard InChI is InChI=1S/C25H33N3O4/c1-17(24(31)28-15-6-8-18-7-2-4-10-20(18)28)27-16-14-25(13-12-22(27)29)26-23(30)19-9-3-5-11-21(19)32-25/h3,5,9,11,17-18,20H,2,4,6-8,10,12-16H2,1H3,(H,26,30)/t17-,18+,20+,25+/m1/s1. The lowest BCUT2D eigenvalue weighted by atomic mass is 9.78. The summed E-state index contributed by atoms with van der Waals surface area (Å²) in [5, 5.41) is 3.00. The second-order valence-corrected chi connectivity index (χ2v) is 9.85. The fourth-order valence-electron chi connectivity index (χ4n) is 6.17.